The summed E-state index contributed by atoms with van der Waals surface area (Å²) in [6.45, 7) is 2.39. The average molecular weight is 534 g/mol. The lowest BCUT2D eigenvalue weighted by molar-refractivity contribution is -0.192. The molecule has 4 heterocycles. The van der Waals surface area contributed by atoms with Gasteiger partial charge in [0.25, 0.3) is 5.91 Å². The smallest absolute Gasteiger partial charge is 0.475 e. The van der Waals surface area contributed by atoms with Crippen molar-refractivity contribution in [1.82, 2.24) is 23.5 Å². The summed E-state index contributed by atoms with van der Waals surface area (Å²) in [6.07, 6.45) is 0.700. The highest BCUT2D eigenvalue weighted by Gasteiger charge is 2.38. The number of aliphatic carboxylic acids is 1. The monoisotopic (exact) mass is 533 g/mol. The van der Waals surface area contributed by atoms with Gasteiger partial charge in [0.1, 0.15) is 5.82 Å². The zero-order valence-corrected chi connectivity index (χ0v) is 21.1. The lowest BCUT2D eigenvalue weighted by Gasteiger charge is -2.30. The van der Waals surface area contributed by atoms with Crippen LogP contribution in [0.1, 0.15) is 41.5 Å². The predicted octanol–water partition coefficient (Wildman–Crippen LogP) is 1.88. The third kappa shape index (κ3) is 6.34. The first-order chi connectivity index (χ1) is 16.7. The van der Waals surface area contributed by atoms with Crippen LogP contribution in [0.4, 0.5) is 13.2 Å². The molecule has 0 aliphatic carbocycles. The third-order valence-electron chi connectivity index (χ3n) is 6.42. The topological polar surface area (TPSA) is 116 Å². The number of sulfonamides is 1. The molecule has 200 valence electrons. The molecule has 2 aromatic rings. The number of alkyl halides is 3. The van der Waals surface area contributed by atoms with Crippen LogP contribution in [0, 0.1) is 0 Å². The third-order valence-corrected chi connectivity index (χ3v) is 7.69. The van der Waals surface area contributed by atoms with Gasteiger partial charge in [0.05, 0.1) is 11.8 Å². The quantitative estimate of drug-likeness (QED) is 0.638. The summed E-state index contributed by atoms with van der Waals surface area (Å²) in [7, 11) is 0.842. The number of amides is 1. The molecule has 2 aromatic heterocycles. The first-order valence-corrected chi connectivity index (χ1v) is 13.2. The van der Waals surface area contributed by atoms with E-state index in [2.05, 4.69) is 4.90 Å². The number of carbonyl (C=O) groups excluding carboxylic acids is 1. The van der Waals surface area contributed by atoms with Crippen molar-refractivity contribution < 1.29 is 36.3 Å². The van der Waals surface area contributed by atoms with Gasteiger partial charge in [-0.25, -0.2) is 22.5 Å². The first kappa shape index (κ1) is 27.9. The summed E-state index contributed by atoms with van der Waals surface area (Å²) < 4.78 is 59.3. The molecule has 2 atom stereocenters. The number of halogens is 3. The number of pyridine rings is 1. The fraction of sp³-hybridized carbons (Fsp3) is 0.591. The van der Waals surface area contributed by atoms with Crippen LogP contribution in [0.3, 0.4) is 0 Å². The zero-order valence-electron chi connectivity index (χ0n) is 20.3. The van der Waals surface area contributed by atoms with Crippen molar-refractivity contribution in [2.75, 3.05) is 46.5 Å². The highest BCUT2D eigenvalue weighted by atomic mass is 32.2. The molecule has 0 spiro atoms. The number of imidazole rings is 1. The molecule has 0 aromatic carbocycles. The maximum Gasteiger partial charge on any atom is 0.490 e. The van der Waals surface area contributed by atoms with E-state index in [9.17, 15) is 26.4 Å². The van der Waals surface area contributed by atoms with Crippen LogP contribution in [-0.4, -0.2) is 108 Å². The summed E-state index contributed by atoms with van der Waals surface area (Å²) in [5.41, 5.74) is 1.26. The van der Waals surface area contributed by atoms with Gasteiger partial charge in [0.15, 0.2) is 5.69 Å². The second kappa shape index (κ2) is 10.7. The molecule has 14 heteroatoms. The van der Waals surface area contributed by atoms with Gasteiger partial charge in [-0.05, 0) is 45.5 Å². The maximum atomic E-state index is 13.3. The maximum absolute atomic E-state index is 13.3. The highest BCUT2D eigenvalue weighted by Crippen LogP contribution is 2.30. The van der Waals surface area contributed by atoms with Crippen molar-refractivity contribution in [2.45, 2.75) is 37.4 Å². The van der Waals surface area contributed by atoms with Gasteiger partial charge in [-0.3, -0.25) is 4.79 Å². The number of piperidine rings is 1. The van der Waals surface area contributed by atoms with Crippen molar-refractivity contribution in [1.29, 1.82) is 0 Å². The van der Waals surface area contributed by atoms with Gasteiger partial charge in [-0.15, -0.1) is 0 Å². The van der Waals surface area contributed by atoms with Crippen molar-refractivity contribution >= 4 is 27.4 Å². The Morgan fingerprint density at radius 2 is 1.81 bits per heavy atom. The molecule has 0 bridgehead atoms. The summed E-state index contributed by atoms with van der Waals surface area (Å²) in [6, 6.07) is 6.12. The van der Waals surface area contributed by atoms with Crippen LogP contribution in [0.5, 0.6) is 0 Å². The number of hydrogen-bond acceptors (Lipinski definition) is 6. The highest BCUT2D eigenvalue weighted by molar-refractivity contribution is 7.88. The molecule has 2 aliphatic rings. The first-order valence-electron chi connectivity index (χ1n) is 11.4. The van der Waals surface area contributed by atoms with Crippen LogP contribution in [-0.2, 0) is 14.8 Å². The van der Waals surface area contributed by atoms with Gasteiger partial charge >= 0.3 is 12.1 Å². The van der Waals surface area contributed by atoms with E-state index in [0.29, 0.717) is 31.4 Å². The van der Waals surface area contributed by atoms with E-state index >= 15 is 0 Å². The molecule has 0 saturated carbocycles. The van der Waals surface area contributed by atoms with E-state index in [1.54, 1.807) is 0 Å². The second-order valence-corrected chi connectivity index (χ2v) is 11.2. The van der Waals surface area contributed by atoms with E-state index < -0.39 is 22.2 Å². The second-order valence-electron chi connectivity index (χ2n) is 9.19. The van der Waals surface area contributed by atoms with Crippen LogP contribution in [0.25, 0.3) is 5.52 Å². The average Bonchev–Trinajstić information content (AvgIpc) is 3.44. The fourth-order valence-electron chi connectivity index (χ4n) is 4.46. The minimum absolute atomic E-state index is 0.0250. The number of likely N-dealkylation sites (N-methyl/N-ethyl adjacent to an activating group) is 1. The van der Waals surface area contributed by atoms with Gasteiger partial charge in [0, 0.05) is 44.3 Å². The lowest BCUT2D eigenvalue weighted by Crippen LogP contribution is -2.38. The van der Waals surface area contributed by atoms with Crippen LogP contribution < -0.4 is 0 Å². The molecular weight excluding hydrogens is 503 g/mol. The summed E-state index contributed by atoms with van der Waals surface area (Å²) in [5.74, 6) is -2.05. The molecule has 2 saturated heterocycles. The van der Waals surface area contributed by atoms with Crippen molar-refractivity contribution in [3.63, 3.8) is 0 Å². The van der Waals surface area contributed by atoms with Gasteiger partial charge in [-0.1, -0.05) is 6.07 Å². The van der Waals surface area contributed by atoms with Gasteiger partial charge < -0.3 is 19.3 Å². The number of hydrogen-bond donors (Lipinski definition) is 1. The molecule has 0 radical (unpaired) electrons. The Kier molecular flexibility index (Phi) is 8.30. The largest absolute Gasteiger partial charge is 0.490 e. The Morgan fingerprint density at radius 3 is 2.36 bits per heavy atom. The van der Waals surface area contributed by atoms with E-state index in [1.165, 1.54) is 10.6 Å². The molecule has 36 heavy (non-hydrogen) atoms. The van der Waals surface area contributed by atoms with Crippen molar-refractivity contribution in [2.24, 2.45) is 0 Å². The standard InChI is InChI=1S/C20H29N5O3S.C2HF3O2/c1-22(2)16-9-12-23(14-16)20(26)18-17-8-4-5-11-25(17)19(21-18)15-7-6-10-24(13-15)29(3,27)28;3-2(4,5)1(6)7/h4-5,8,11,15-16H,6-7,9-10,12-14H2,1-3H3;(H,6,7). The molecule has 2 aliphatic heterocycles. The normalized spacial score (nSPS) is 21.5. The lowest BCUT2D eigenvalue weighted by atomic mass is 9.99. The van der Waals surface area contributed by atoms with Crippen LogP contribution in [0.2, 0.25) is 0 Å². The summed E-state index contributed by atoms with van der Waals surface area (Å²) in [5, 5.41) is 7.12. The Bertz CT molecular complexity index is 1210. The fourth-order valence-corrected chi connectivity index (χ4v) is 5.37. The Morgan fingerprint density at radius 1 is 1.14 bits per heavy atom. The minimum atomic E-state index is -5.08. The number of rotatable bonds is 4. The number of nitrogens with zero attached hydrogens (tertiary/aromatic N) is 5. The van der Waals surface area contributed by atoms with Gasteiger partial charge in [-0.2, -0.15) is 13.2 Å². The number of fused-ring (bicyclic) bond motifs is 1. The van der Waals surface area contributed by atoms with E-state index in [0.717, 1.165) is 37.1 Å². The number of aromatic nitrogens is 2. The number of likely N-dealkylation sites (tertiary alicyclic amines) is 1. The Balaban J connectivity index is 0.000000454. The predicted molar refractivity (Wildman–Crippen MR) is 125 cm³/mol. The van der Waals surface area contributed by atoms with Crippen molar-refractivity contribution in [3.8, 4) is 0 Å². The molecule has 1 N–H and O–H groups in total. The summed E-state index contributed by atoms with van der Waals surface area (Å²) in [4.78, 5) is 31.0. The molecule has 2 fully saturated rings. The molecular formula is C22H30F3N5O5S. The van der Waals surface area contributed by atoms with Crippen molar-refractivity contribution in [3.05, 3.63) is 35.9 Å². The van der Waals surface area contributed by atoms with Crippen LogP contribution in [0.15, 0.2) is 24.4 Å². The Labute approximate surface area is 207 Å². The van der Waals surface area contributed by atoms with E-state index in [-0.39, 0.29) is 11.8 Å². The molecule has 4 rings (SSSR count). The number of carboxylic acids is 1. The summed E-state index contributed by atoms with van der Waals surface area (Å²) >= 11 is 0. The molecule has 2 unspecified atom stereocenters. The van der Waals surface area contributed by atoms with Crippen LogP contribution >= 0.6 is 0 Å². The SMILES string of the molecule is CN(C)C1CCN(C(=O)c2nc(C3CCCN(S(C)(=O)=O)C3)n3ccccc23)C1.O=C(O)C(F)(F)F. The van der Waals surface area contributed by atoms with E-state index in [1.807, 2.05) is 47.8 Å². The number of carboxylic acid groups (broad SMARTS) is 1. The zero-order chi connectivity index (χ0) is 26.8. The minimum Gasteiger partial charge on any atom is -0.475 e. The molecule has 10 nitrogen and oxygen atoms in total. The number of carbonyl (C=O) groups is 2. The van der Waals surface area contributed by atoms with Gasteiger partial charge in [0.2, 0.25) is 10.0 Å². The Hall–Kier alpha value is -2.71. The van der Waals surface area contributed by atoms with E-state index in [4.69, 9.17) is 14.9 Å². The molecule has 1 amide bonds.